The normalized spacial score (nSPS) is 11.7. The molecule has 5 heteroatoms. The molecule has 0 radical (unpaired) electrons. The van der Waals surface area contributed by atoms with Crippen molar-refractivity contribution in [2.24, 2.45) is 4.99 Å². The van der Waals surface area contributed by atoms with E-state index >= 15 is 0 Å². The van der Waals surface area contributed by atoms with E-state index in [2.05, 4.69) is 48.3 Å². The van der Waals surface area contributed by atoms with Crippen molar-refractivity contribution in [1.29, 1.82) is 0 Å². The first-order valence-electron chi connectivity index (χ1n) is 6.40. The number of guanidine groups is 1. The van der Waals surface area contributed by atoms with Crippen LogP contribution in [0.15, 0.2) is 23.2 Å². The van der Waals surface area contributed by atoms with Gasteiger partial charge in [0.05, 0.1) is 12.2 Å². The van der Waals surface area contributed by atoms with E-state index in [4.69, 9.17) is 0 Å². The standard InChI is InChI=1S/C14H24N4.HI/c1-6-15-13(18-14(3,4)5)16-10-12-9-7-8-11(2)17-12;/h7-9H,6,10H2,1-5H3,(H2,15,16,18);1H. The molecule has 2 N–H and O–H groups in total. The van der Waals surface area contributed by atoms with Crippen LogP contribution in [-0.4, -0.2) is 23.0 Å². The number of nitrogens with one attached hydrogen (secondary N) is 2. The number of hydrogen-bond acceptors (Lipinski definition) is 2. The summed E-state index contributed by atoms with van der Waals surface area (Å²) in [5.41, 5.74) is 2.01. The van der Waals surface area contributed by atoms with Crippen LogP contribution in [0.2, 0.25) is 0 Å². The van der Waals surface area contributed by atoms with Gasteiger partial charge in [-0.25, -0.2) is 4.99 Å². The number of rotatable bonds is 3. The van der Waals surface area contributed by atoms with Crippen LogP contribution < -0.4 is 10.6 Å². The Hall–Kier alpha value is -0.850. The largest absolute Gasteiger partial charge is 0.357 e. The summed E-state index contributed by atoms with van der Waals surface area (Å²) in [4.78, 5) is 8.98. The lowest BCUT2D eigenvalue weighted by molar-refractivity contribution is 0.501. The van der Waals surface area contributed by atoms with Crippen molar-refractivity contribution in [3.8, 4) is 0 Å². The van der Waals surface area contributed by atoms with Crippen LogP contribution in [0.5, 0.6) is 0 Å². The van der Waals surface area contributed by atoms with Crippen molar-refractivity contribution >= 4 is 29.9 Å². The van der Waals surface area contributed by atoms with E-state index in [0.717, 1.165) is 23.9 Å². The summed E-state index contributed by atoms with van der Waals surface area (Å²) >= 11 is 0. The van der Waals surface area contributed by atoms with E-state index in [-0.39, 0.29) is 29.5 Å². The first-order chi connectivity index (χ1) is 8.40. The Kier molecular flexibility index (Phi) is 7.97. The minimum Gasteiger partial charge on any atom is -0.357 e. The van der Waals surface area contributed by atoms with Crippen LogP contribution in [0.1, 0.15) is 39.1 Å². The predicted molar refractivity (Wildman–Crippen MR) is 92.1 cm³/mol. The molecule has 0 aromatic carbocycles. The molecule has 19 heavy (non-hydrogen) atoms. The highest BCUT2D eigenvalue weighted by molar-refractivity contribution is 14.0. The lowest BCUT2D eigenvalue weighted by Crippen LogP contribution is -2.47. The Balaban J connectivity index is 0.00000324. The topological polar surface area (TPSA) is 49.3 Å². The summed E-state index contributed by atoms with van der Waals surface area (Å²) < 4.78 is 0. The highest BCUT2D eigenvalue weighted by atomic mass is 127. The number of aliphatic imine (C=N–C) groups is 1. The summed E-state index contributed by atoms with van der Waals surface area (Å²) in [6.45, 7) is 11.8. The number of aryl methyl sites for hydroxylation is 1. The van der Waals surface area contributed by atoms with Crippen molar-refractivity contribution in [2.45, 2.75) is 46.7 Å². The Morgan fingerprint density at radius 3 is 2.53 bits per heavy atom. The Morgan fingerprint density at radius 1 is 1.32 bits per heavy atom. The maximum Gasteiger partial charge on any atom is 0.192 e. The molecule has 0 unspecified atom stereocenters. The average molecular weight is 376 g/mol. The number of aromatic nitrogens is 1. The minimum absolute atomic E-state index is 0. The second-order valence-electron chi connectivity index (χ2n) is 5.34. The van der Waals surface area contributed by atoms with Crippen LogP contribution in [0.25, 0.3) is 0 Å². The first kappa shape index (κ1) is 18.1. The fourth-order valence-corrected chi connectivity index (χ4v) is 1.51. The van der Waals surface area contributed by atoms with Crippen LogP contribution in [0.3, 0.4) is 0 Å². The highest BCUT2D eigenvalue weighted by Crippen LogP contribution is 2.01. The Bertz CT molecular complexity index is 410. The maximum atomic E-state index is 4.54. The van der Waals surface area contributed by atoms with Crippen molar-refractivity contribution < 1.29 is 0 Å². The van der Waals surface area contributed by atoms with Crippen LogP contribution in [0, 0.1) is 6.92 Å². The van der Waals surface area contributed by atoms with E-state index in [1.54, 1.807) is 0 Å². The van der Waals surface area contributed by atoms with Gasteiger partial charge in [0.1, 0.15) is 0 Å². The lowest BCUT2D eigenvalue weighted by Gasteiger charge is -2.23. The van der Waals surface area contributed by atoms with Crippen molar-refractivity contribution in [2.75, 3.05) is 6.54 Å². The van der Waals surface area contributed by atoms with Crippen molar-refractivity contribution in [3.05, 3.63) is 29.6 Å². The second kappa shape index (κ2) is 8.35. The number of nitrogens with zero attached hydrogens (tertiary/aromatic N) is 2. The van der Waals surface area contributed by atoms with Gasteiger partial charge in [-0.15, -0.1) is 24.0 Å². The fourth-order valence-electron chi connectivity index (χ4n) is 1.51. The predicted octanol–water partition coefficient (Wildman–Crippen LogP) is 2.86. The third kappa shape index (κ3) is 8.02. The molecule has 0 bridgehead atoms. The zero-order valence-corrected chi connectivity index (χ0v) is 14.8. The van der Waals surface area contributed by atoms with E-state index in [0.29, 0.717) is 6.54 Å². The number of halogens is 1. The van der Waals surface area contributed by atoms with Crippen molar-refractivity contribution in [1.82, 2.24) is 15.6 Å². The fraction of sp³-hybridized carbons (Fsp3) is 0.571. The minimum atomic E-state index is 0. The Labute approximate surface area is 133 Å². The molecule has 108 valence electrons. The molecule has 0 aliphatic carbocycles. The molecule has 0 atom stereocenters. The monoisotopic (exact) mass is 376 g/mol. The zero-order valence-electron chi connectivity index (χ0n) is 12.4. The number of pyridine rings is 1. The molecular weight excluding hydrogens is 351 g/mol. The van der Waals surface area contributed by atoms with Crippen LogP contribution in [-0.2, 0) is 6.54 Å². The molecule has 0 fully saturated rings. The first-order valence-corrected chi connectivity index (χ1v) is 6.40. The number of hydrogen-bond donors (Lipinski definition) is 2. The van der Waals surface area contributed by atoms with Gasteiger partial charge in [0, 0.05) is 17.8 Å². The Morgan fingerprint density at radius 2 is 2.00 bits per heavy atom. The molecule has 1 heterocycles. The molecular formula is C14H25IN4. The third-order valence-electron chi connectivity index (χ3n) is 2.18. The summed E-state index contributed by atoms with van der Waals surface area (Å²) in [5, 5.41) is 6.59. The van der Waals surface area contributed by atoms with Gasteiger partial charge < -0.3 is 10.6 Å². The molecule has 0 amide bonds. The van der Waals surface area contributed by atoms with Gasteiger partial charge in [0.2, 0.25) is 0 Å². The summed E-state index contributed by atoms with van der Waals surface area (Å²) in [6, 6.07) is 6.00. The summed E-state index contributed by atoms with van der Waals surface area (Å²) in [5.74, 6) is 0.827. The molecule has 0 saturated carbocycles. The van der Waals surface area contributed by atoms with Crippen LogP contribution >= 0.6 is 24.0 Å². The zero-order chi connectivity index (χ0) is 13.6. The average Bonchev–Trinajstić information content (AvgIpc) is 2.24. The third-order valence-corrected chi connectivity index (χ3v) is 2.18. The quantitative estimate of drug-likeness (QED) is 0.485. The van der Waals surface area contributed by atoms with E-state index in [9.17, 15) is 0 Å². The van der Waals surface area contributed by atoms with Gasteiger partial charge in [-0.05, 0) is 46.8 Å². The SMILES string of the molecule is CCNC(=NCc1cccc(C)n1)NC(C)(C)C.I. The molecule has 1 aromatic heterocycles. The highest BCUT2D eigenvalue weighted by Gasteiger charge is 2.11. The smallest absolute Gasteiger partial charge is 0.192 e. The summed E-state index contributed by atoms with van der Waals surface area (Å²) in [7, 11) is 0. The molecule has 1 rings (SSSR count). The van der Waals surface area contributed by atoms with Gasteiger partial charge >= 0.3 is 0 Å². The molecule has 4 nitrogen and oxygen atoms in total. The van der Waals surface area contributed by atoms with Crippen molar-refractivity contribution in [3.63, 3.8) is 0 Å². The molecule has 0 aliphatic heterocycles. The van der Waals surface area contributed by atoms with E-state index in [1.807, 2.05) is 25.1 Å². The van der Waals surface area contributed by atoms with Gasteiger partial charge in [0.25, 0.3) is 0 Å². The van der Waals surface area contributed by atoms with Gasteiger partial charge in [-0.2, -0.15) is 0 Å². The van der Waals surface area contributed by atoms with E-state index < -0.39 is 0 Å². The van der Waals surface area contributed by atoms with Gasteiger partial charge in [-0.3, -0.25) is 4.98 Å². The molecule has 0 saturated heterocycles. The second-order valence-corrected chi connectivity index (χ2v) is 5.34. The molecule has 1 aromatic rings. The van der Waals surface area contributed by atoms with Crippen LogP contribution in [0.4, 0.5) is 0 Å². The van der Waals surface area contributed by atoms with E-state index in [1.165, 1.54) is 0 Å². The molecule has 0 aliphatic rings. The van der Waals surface area contributed by atoms with Gasteiger partial charge in [-0.1, -0.05) is 6.07 Å². The molecule has 0 spiro atoms. The lowest BCUT2D eigenvalue weighted by atomic mass is 10.1. The maximum absolute atomic E-state index is 4.54. The van der Waals surface area contributed by atoms with Gasteiger partial charge in [0.15, 0.2) is 5.96 Å². The summed E-state index contributed by atoms with van der Waals surface area (Å²) in [6.07, 6.45) is 0.